The highest BCUT2D eigenvalue weighted by atomic mass is 16.5. The first-order chi connectivity index (χ1) is 12.1. The van der Waals surface area contributed by atoms with Crippen LogP contribution in [-0.2, 0) is 14.3 Å². The van der Waals surface area contributed by atoms with Gasteiger partial charge in [-0.25, -0.2) is 0 Å². The standard InChI is InChI=1S/C21H25NO3/c1-16-13-22(14-17(2)25-16)20(23)15-24-21(18-9-5-3-6-10-18)19-11-7-4-8-12-19/h3-12,16-17,21H,13-15H2,1-2H3. The molecule has 0 spiro atoms. The third-order valence-corrected chi connectivity index (χ3v) is 4.35. The summed E-state index contributed by atoms with van der Waals surface area (Å²) in [7, 11) is 0. The minimum Gasteiger partial charge on any atom is -0.372 e. The lowest BCUT2D eigenvalue weighted by molar-refractivity contribution is -0.149. The van der Waals surface area contributed by atoms with E-state index in [4.69, 9.17) is 9.47 Å². The van der Waals surface area contributed by atoms with Crippen LogP contribution in [0.1, 0.15) is 31.1 Å². The van der Waals surface area contributed by atoms with Gasteiger partial charge in [-0.15, -0.1) is 0 Å². The molecule has 1 aliphatic rings. The lowest BCUT2D eigenvalue weighted by atomic mass is 10.0. The van der Waals surface area contributed by atoms with Crippen LogP contribution in [0.25, 0.3) is 0 Å². The van der Waals surface area contributed by atoms with Crippen molar-refractivity contribution in [3.63, 3.8) is 0 Å². The maximum absolute atomic E-state index is 12.6. The summed E-state index contributed by atoms with van der Waals surface area (Å²) in [6, 6.07) is 20.0. The van der Waals surface area contributed by atoms with Crippen molar-refractivity contribution in [3.8, 4) is 0 Å². The maximum atomic E-state index is 12.6. The first kappa shape index (κ1) is 17.6. The molecule has 2 aromatic rings. The molecule has 1 heterocycles. The second-order valence-corrected chi connectivity index (χ2v) is 6.57. The quantitative estimate of drug-likeness (QED) is 0.838. The molecule has 1 fully saturated rings. The SMILES string of the molecule is CC1CN(C(=O)COC(c2ccccc2)c2ccccc2)CC(C)O1. The molecule has 0 aromatic heterocycles. The van der Waals surface area contributed by atoms with Crippen LogP contribution in [0.3, 0.4) is 0 Å². The van der Waals surface area contributed by atoms with Crippen LogP contribution in [0.15, 0.2) is 60.7 Å². The van der Waals surface area contributed by atoms with E-state index in [-0.39, 0.29) is 30.8 Å². The summed E-state index contributed by atoms with van der Waals surface area (Å²) in [5, 5.41) is 0. The molecule has 132 valence electrons. The van der Waals surface area contributed by atoms with E-state index < -0.39 is 0 Å². The monoisotopic (exact) mass is 339 g/mol. The molecule has 1 amide bonds. The molecule has 0 aliphatic carbocycles. The third-order valence-electron chi connectivity index (χ3n) is 4.35. The summed E-state index contributed by atoms with van der Waals surface area (Å²) in [5.41, 5.74) is 2.09. The fourth-order valence-electron chi connectivity index (χ4n) is 3.27. The first-order valence-electron chi connectivity index (χ1n) is 8.78. The maximum Gasteiger partial charge on any atom is 0.248 e. The average molecular weight is 339 g/mol. The highest BCUT2D eigenvalue weighted by Crippen LogP contribution is 2.26. The van der Waals surface area contributed by atoms with Crippen LogP contribution >= 0.6 is 0 Å². The Labute approximate surface area is 149 Å². The molecule has 1 saturated heterocycles. The highest BCUT2D eigenvalue weighted by Gasteiger charge is 2.26. The van der Waals surface area contributed by atoms with Crippen molar-refractivity contribution >= 4 is 5.91 Å². The molecule has 2 aromatic carbocycles. The molecule has 1 aliphatic heterocycles. The first-order valence-corrected chi connectivity index (χ1v) is 8.78. The van der Waals surface area contributed by atoms with Crippen LogP contribution in [0, 0.1) is 0 Å². The van der Waals surface area contributed by atoms with E-state index in [1.807, 2.05) is 79.4 Å². The molecule has 4 nitrogen and oxygen atoms in total. The number of morpholine rings is 1. The van der Waals surface area contributed by atoms with Gasteiger partial charge in [0, 0.05) is 13.1 Å². The number of benzene rings is 2. The largest absolute Gasteiger partial charge is 0.372 e. The lowest BCUT2D eigenvalue weighted by Crippen LogP contribution is -2.49. The van der Waals surface area contributed by atoms with Gasteiger partial charge in [0.1, 0.15) is 12.7 Å². The topological polar surface area (TPSA) is 38.8 Å². The molecular formula is C21H25NO3. The van der Waals surface area contributed by atoms with Gasteiger partial charge in [0.2, 0.25) is 5.91 Å². The van der Waals surface area contributed by atoms with E-state index in [9.17, 15) is 4.79 Å². The van der Waals surface area contributed by atoms with Crippen LogP contribution in [0.5, 0.6) is 0 Å². The summed E-state index contributed by atoms with van der Waals surface area (Å²) < 4.78 is 11.8. The van der Waals surface area contributed by atoms with Gasteiger partial charge < -0.3 is 14.4 Å². The Hall–Kier alpha value is -2.17. The predicted molar refractivity (Wildman–Crippen MR) is 97.3 cm³/mol. The Bertz CT molecular complexity index is 625. The van der Waals surface area contributed by atoms with Gasteiger partial charge in [0.15, 0.2) is 0 Å². The van der Waals surface area contributed by atoms with Crippen molar-refractivity contribution in [3.05, 3.63) is 71.8 Å². The lowest BCUT2D eigenvalue weighted by Gasteiger charge is -2.35. The molecule has 0 saturated carbocycles. The van der Waals surface area contributed by atoms with Crippen LogP contribution < -0.4 is 0 Å². The second kappa shape index (κ2) is 8.28. The number of amides is 1. The number of hydrogen-bond donors (Lipinski definition) is 0. The van der Waals surface area contributed by atoms with Gasteiger partial charge in [-0.05, 0) is 25.0 Å². The minimum absolute atomic E-state index is 0.0128. The van der Waals surface area contributed by atoms with E-state index in [2.05, 4.69) is 0 Å². The molecule has 2 unspecified atom stereocenters. The van der Waals surface area contributed by atoms with E-state index >= 15 is 0 Å². The molecule has 25 heavy (non-hydrogen) atoms. The second-order valence-electron chi connectivity index (χ2n) is 6.57. The van der Waals surface area contributed by atoms with E-state index in [1.165, 1.54) is 0 Å². The van der Waals surface area contributed by atoms with E-state index in [0.717, 1.165) is 11.1 Å². The van der Waals surface area contributed by atoms with Gasteiger partial charge in [0.05, 0.1) is 12.2 Å². The summed E-state index contributed by atoms with van der Waals surface area (Å²) >= 11 is 0. The number of ether oxygens (including phenoxy) is 2. The van der Waals surface area contributed by atoms with Crippen LogP contribution in [0.2, 0.25) is 0 Å². The predicted octanol–water partition coefficient (Wildman–Crippen LogP) is 3.43. The summed E-state index contributed by atoms with van der Waals surface area (Å²) in [5.74, 6) is 0.0128. The van der Waals surface area contributed by atoms with Crippen molar-refractivity contribution in [1.82, 2.24) is 4.90 Å². The van der Waals surface area contributed by atoms with Crippen LogP contribution in [0.4, 0.5) is 0 Å². The Morgan fingerprint density at radius 1 is 1.00 bits per heavy atom. The van der Waals surface area contributed by atoms with Crippen molar-refractivity contribution in [1.29, 1.82) is 0 Å². The van der Waals surface area contributed by atoms with Crippen LogP contribution in [-0.4, -0.2) is 42.7 Å². The zero-order valence-electron chi connectivity index (χ0n) is 14.8. The van der Waals surface area contributed by atoms with E-state index in [0.29, 0.717) is 13.1 Å². The number of carbonyl (C=O) groups excluding carboxylic acids is 1. The molecule has 0 radical (unpaired) electrons. The van der Waals surface area contributed by atoms with Gasteiger partial charge in [-0.1, -0.05) is 60.7 Å². The molecular weight excluding hydrogens is 314 g/mol. The number of rotatable bonds is 5. The summed E-state index contributed by atoms with van der Waals surface area (Å²) in [6.45, 7) is 5.29. The Morgan fingerprint density at radius 2 is 1.48 bits per heavy atom. The van der Waals surface area contributed by atoms with Gasteiger partial charge in [-0.3, -0.25) is 4.79 Å². The molecule has 0 bridgehead atoms. The molecule has 3 rings (SSSR count). The van der Waals surface area contributed by atoms with E-state index in [1.54, 1.807) is 0 Å². The average Bonchev–Trinajstić information content (AvgIpc) is 2.63. The third kappa shape index (κ3) is 4.68. The Morgan fingerprint density at radius 3 is 1.96 bits per heavy atom. The Kier molecular flexibility index (Phi) is 5.84. The summed E-state index contributed by atoms with van der Waals surface area (Å²) in [6.07, 6.45) is -0.124. The number of carbonyl (C=O) groups is 1. The molecule has 0 N–H and O–H groups in total. The highest BCUT2D eigenvalue weighted by molar-refractivity contribution is 5.77. The smallest absolute Gasteiger partial charge is 0.248 e. The van der Waals surface area contributed by atoms with Crippen molar-refractivity contribution in [2.75, 3.05) is 19.7 Å². The van der Waals surface area contributed by atoms with Gasteiger partial charge >= 0.3 is 0 Å². The van der Waals surface area contributed by atoms with Crippen molar-refractivity contribution < 1.29 is 14.3 Å². The van der Waals surface area contributed by atoms with Crippen molar-refractivity contribution in [2.24, 2.45) is 0 Å². The fourth-order valence-corrected chi connectivity index (χ4v) is 3.27. The van der Waals surface area contributed by atoms with Gasteiger partial charge in [-0.2, -0.15) is 0 Å². The zero-order valence-corrected chi connectivity index (χ0v) is 14.8. The normalized spacial score (nSPS) is 20.7. The number of nitrogens with zero attached hydrogens (tertiary/aromatic N) is 1. The fraction of sp³-hybridized carbons (Fsp3) is 0.381. The van der Waals surface area contributed by atoms with Crippen molar-refractivity contribution in [2.45, 2.75) is 32.2 Å². The number of hydrogen-bond acceptors (Lipinski definition) is 3. The molecule has 2 atom stereocenters. The Balaban J connectivity index is 1.70. The summed E-state index contributed by atoms with van der Waals surface area (Å²) in [4.78, 5) is 14.4. The van der Waals surface area contributed by atoms with Gasteiger partial charge in [0.25, 0.3) is 0 Å². The molecule has 4 heteroatoms. The minimum atomic E-state index is -0.248. The zero-order chi connectivity index (χ0) is 17.6.